The number of methoxy groups -OCH3 is 2. The van der Waals surface area contributed by atoms with Crippen LogP contribution < -0.4 is 9.47 Å². The van der Waals surface area contributed by atoms with Gasteiger partial charge in [-0.05, 0) is 37.1 Å². The average molecular weight is 333 g/mol. The summed E-state index contributed by atoms with van der Waals surface area (Å²) in [5.74, 6) is 1.50. The number of ether oxygens (including phenoxy) is 2. The van der Waals surface area contributed by atoms with Crippen molar-refractivity contribution in [3.05, 3.63) is 45.1 Å². The van der Waals surface area contributed by atoms with Crippen LogP contribution in [0.15, 0.2) is 24.3 Å². The Labute approximate surface area is 141 Å². The first-order chi connectivity index (χ1) is 11.0. The van der Waals surface area contributed by atoms with Crippen molar-refractivity contribution in [2.45, 2.75) is 26.8 Å². The maximum atomic E-state index is 12.6. The summed E-state index contributed by atoms with van der Waals surface area (Å²) >= 11 is 1.58. The lowest BCUT2D eigenvalue weighted by molar-refractivity contribution is 0.0789. The van der Waals surface area contributed by atoms with Crippen LogP contribution in [-0.4, -0.2) is 32.1 Å². The first-order valence-electron chi connectivity index (χ1n) is 7.55. The summed E-state index contributed by atoms with van der Waals surface area (Å²) in [6, 6.07) is 7.62. The fourth-order valence-electron chi connectivity index (χ4n) is 2.47. The van der Waals surface area contributed by atoms with Gasteiger partial charge in [0.2, 0.25) is 0 Å². The van der Waals surface area contributed by atoms with Crippen LogP contribution in [-0.2, 0) is 13.0 Å². The predicted molar refractivity (Wildman–Crippen MR) is 93.8 cm³/mol. The number of carbonyl (C=O) groups is 1. The van der Waals surface area contributed by atoms with Crippen molar-refractivity contribution >= 4 is 17.2 Å². The van der Waals surface area contributed by atoms with Crippen molar-refractivity contribution in [1.29, 1.82) is 0 Å². The quantitative estimate of drug-likeness (QED) is 0.804. The Morgan fingerprint density at radius 3 is 2.52 bits per heavy atom. The van der Waals surface area contributed by atoms with E-state index in [9.17, 15) is 4.79 Å². The van der Waals surface area contributed by atoms with Crippen LogP contribution in [0.3, 0.4) is 0 Å². The van der Waals surface area contributed by atoms with Crippen molar-refractivity contribution < 1.29 is 14.3 Å². The van der Waals surface area contributed by atoms with Gasteiger partial charge in [0.15, 0.2) is 0 Å². The summed E-state index contributed by atoms with van der Waals surface area (Å²) in [4.78, 5) is 16.4. The van der Waals surface area contributed by atoms with Crippen LogP contribution in [0, 0.1) is 6.92 Å². The molecule has 1 amide bonds. The SMILES string of the molecule is CCc1sc(C(=O)N(C)Cc2ccc(OC)cc2OC)cc1C. The molecule has 5 heteroatoms. The molecule has 0 radical (unpaired) electrons. The molecule has 0 atom stereocenters. The third-order valence-corrected chi connectivity index (χ3v) is 5.17. The molecule has 1 aromatic carbocycles. The second-order valence-electron chi connectivity index (χ2n) is 5.41. The Hall–Kier alpha value is -2.01. The summed E-state index contributed by atoms with van der Waals surface area (Å²) in [5.41, 5.74) is 2.14. The minimum absolute atomic E-state index is 0.0377. The smallest absolute Gasteiger partial charge is 0.263 e. The molecule has 1 aromatic heterocycles. The van der Waals surface area contributed by atoms with E-state index in [2.05, 4.69) is 13.8 Å². The lowest BCUT2D eigenvalue weighted by atomic mass is 10.1. The first-order valence-corrected chi connectivity index (χ1v) is 8.37. The molecule has 1 heterocycles. The number of carbonyl (C=O) groups excluding carboxylic acids is 1. The highest BCUT2D eigenvalue weighted by Crippen LogP contribution is 2.27. The molecular formula is C18H23NO3S. The number of nitrogens with zero attached hydrogens (tertiary/aromatic N) is 1. The van der Waals surface area contributed by atoms with Crippen molar-refractivity contribution in [1.82, 2.24) is 4.90 Å². The van der Waals surface area contributed by atoms with E-state index in [-0.39, 0.29) is 5.91 Å². The van der Waals surface area contributed by atoms with Gasteiger partial charge in [-0.3, -0.25) is 4.79 Å². The number of rotatable bonds is 6. The molecule has 23 heavy (non-hydrogen) atoms. The molecule has 0 aliphatic heterocycles. The fourth-order valence-corrected chi connectivity index (χ4v) is 3.58. The minimum atomic E-state index is 0.0377. The highest BCUT2D eigenvalue weighted by molar-refractivity contribution is 7.14. The molecule has 2 aromatic rings. The molecule has 0 saturated carbocycles. The average Bonchev–Trinajstić information content (AvgIpc) is 2.95. The number of amides is 1. The molecule has 2 rings (SSSR count). The van der Waals surface area contributed by atoms with E-state index in [0.29, 0.717) is 6.54 Å². The minimum Gasteiger partial charge on any atom is -0.497 e. The van der Waals surface area contributed by atoms with Crippen LogP contribution in [0.25, 0.3) is 0 Å². The van der Waals surface area contributed by atoms with E-state index in [0.717, 1.165) is 28.4 Å². The third-order valence-electron chi connectivity index (χ3n) is 3.80. The Morgan fingerprint density at radius 2 is 1.96 bits per heavy atom. The predicted octanol–water partition coefficient (Wildman–Crippen LogP) is 3.91. The molecule has 0 unspecified atom stereocenters. The van der Waals surface area contributed by atoms with Crippen molar-refractivity contribution in [2.75, 3.05) is 21.3 Å². The van der Waals surface area contributed by atoms with Gasteiger partial charge < -0.3 is 14.4 Å². The van der Waals surface area contributed by atoms with Crippen LogP contribution in [0.4, 0.5) is 0 Å². The second kappa shape index (κ2) is 7.51. The summed E-state index contributed by atoms with van der Waals surface area (Å²) in [6.07, 6.45) is 0.958. The van der Waals surface area contributed by atoms with E-state index in [1.807, 2.05) is 31.3 Å². The van der Waals surface area contributed by atoms with Crippen LogP contribution in [0.2, 0.25) is 0 Å². The van der Waals surface area contributed by atoms with Crippen LogP contribution >= 0.6 is 11.3 Å². The Kier molecular flexibility index (Phi) is 5.66. The molecule has 0 spiro atoms. The summed E-state index contributed by atoms with van der Waals surface area (Å²) in [6.45, 7) is 4.65. The zero-order chi connectivity index (χ0) is 17.0. The highest BCUT2D eigenvalue weighted by atomic mass is 32.1. The van der Waals surface area contributed by atoms with Gasteiger partial charge in [0.05, 0.1) is 19.1 Å². The molecule has 0 aliphatic carbocycles. The Bertz CT molecular complexity index is 694. The summed E-state index contributed by atoms with van der Waals surface area (Å²) in [5, 5.41) is 0. The zero-order valence-corrected chi connectivity index (χ0v) is 15.1. The second-order valence-corrected chi connectivity index (χ2v) is 6.55. The van der Waals surface area contributed by atoms with E-state index in [4.69, 9.17) is 9.47 Å². The molecule has 0 bridgehead atoms. The van der Waals surface area contributed by atoms with Gasteiger partial charge in [-0.2, -0.15) is 0 Å². The lowest BCUT2D eigenvalue weighted by Crippen LogP contribution is -2.25. The third kappa shape index (κ3) is 3.85. The van der Waals surface area contributed by atoms with E-state index in [1.165, 1.54) is 10.4 Å². The van der Waals surface area contributed by atoms with Gasteiger partial charge in [-0.15, -0.1) is 11.3 Å². The zero-order valence-electron chi connectivity index (χ0n) is 14.3. The van der Waals surface area contributed by atoms with Crippen molar-refractivity contribution in [2.24, 2.45) is 0 Å². The first kappa shape index (κ1) is 17.3. The number of aryl methyl sites for hydroxylation is 2. The van der Waals surface area contributed by atoms with Gasteiger partial charge in [0.1, 0.15) is 11.5 Å². The number of benzene rings is 1. The fraction of sp³-hybridized carbons (Fsp3) is 0.389. The maximum Gasteiger partial charge on any atom is 0.263 e. The maximum absolute atomic E-state index is 12.6. The van der Waals surface area contributed by atoms with Gasteiger partial charge >= 0.3 is 0 Å². The van der Waals surface area contributed by atoms with E-state index in [1.54, 1.807) is 30.5 Å². The van der Waals surface area contributed by atoms with Crippen LogP contribution in [0.5, 0.6) is 11.5 Å². The number of thiophene rings is 1. The Balaban J connectivity index is 2.17. The standard InChI is InChI=1S/C18H23NO3S/c1-6-16-12(2)9-17(23-16)18(20)19(3)11-13-7-8-14(21-4)10-15(13)22-5/h7-10H,6,11H2,1-5H3. The molecule has 0 fully saturated rings. The van der Waals surface area contributed by atoms with Gasteiger partial charge in [-0.25, -0.2) is 0 Å². The largest absolute Gasteiger partial charge is 0.497 e. The number of hydrogen-bond acceptors (Lipinski definition) is 4. The Morgan fingerprint density at radius 1 is 1.22 bits per heavy atom. The van der Waals surface area contributed by atoms with E-state index >= 15 is 0 Å². The van der Waals surface area contributed by atoms with E-state index < -0.39 is 0 Å². The van der Waals surface area contributed by atoms with Crippen LogP contribution in [0.1, 0.15) is 32.6 Å². The molecule has 0 saturated heterocycles. The van der Waals surface area contributed by atoms with Gasteiger partial charge in [0.25, 0.3) is 5.91 Å². The lowest BCUT2D eigenvalue weighted by Gasteiger charge is -2.18. The summed E-state index contributed by atoms with van der Waals surface area (Å²) < 4.78 is 10.6. The molecule has 0 N–H and O–H groups in total. The van der Waals surface area contributed by atoms with Crippen molar-refractivity contribution in [3.63, 3.8) is 0 Å². The normalized spacial score (nSPS) is 10.5. The summed E-state index contributed by atoms with van der Waals surface area (Å²) in [7, 11) is 5.05. The number of hydrogen-bond donors (Lipinski definition) is 0. The van der Waals surface area contributed by atoms with Crippen molar-refractivity contribution in [3.8, 4) is 11.5 Å². The van der Waals surface area contributed by atoms with Gasteiger partial charge in [0, 0.05) is 30.1 Å². The monoisotopic (exact) mass is 333 g/mol. The topological polar surface area (TPSA) is 38.8 Å². The molecule has 0 aliphatic rings. The highest BCUT2D eigenvalue weighted by Gasteiger charge is 2.17. The van der Waals surface area contributed by atoms with Gasteiger partial charge in [-0.1, -0.05) is 6.92 Å². The molecular weight excluding hydrogens is 310 g/mol. The molecule has 124 valence electrons. The molecule has 4 nitrogen and oxygen atoms in total.